The van der Waals surface area contributed by atoms with Crippen molar-refractivity contribution in [2.24, 2.45) is 5.73 Å². The van der Waals surface area contributed by atoms with E-state index in [1.165, 1.54) is 0 Å². The lowest BCUT2D eigenvalue weighted by Gasteiger charge is -2.02. The van der Waals surface area contributed by atoms with E-state index in [9.17, 15) is 0 Å². The first-order chi connectivity index (χ1) is 6.33. The van der Waals surface area contributed by atoms with Crippen LogP contribution in [0.2, 0.25) is 0 Å². The van der Waals surface area contributed by atoms with Gasteiger partial charge in [0, 0.05) is 12.3 Å². The highest BCUT2D eigenvalue weighted by atomic mass is 16.5. The molecule has 0 aliphatic heterocycles. The molecule has 0 atom stereocenters. The highest BCUT2D eigenvalue weighted by Gasteiger charge is 1.94. The summed E-state index contributed by atoms with van der Waals surface area (Å²) < 4.78 is 5.37. The molecule has 0 saturated carbocycles. The van der Waals surface area contributed by atoms with Crippen molar-refractivity contribution >= 4 is 0 Å². The third-order valence-electron chi connectivity index (χ3n) is 1.69. The van der Waals surface area contributed by atoms with Gasteiger partial charge in [0.05, 0.1) is 12.3 Å². The summed E-state index contributed by atoms with van der Waals surface area (Å²) in [5.74, 6) is 0. The molecule has 1 aromatic rings. The molecule has 0 spiro atoms. The molecule has 0 amide bonds. The Bertz CT molecular complexity index is 250. The van der Waals surface area contributed by atoms with Crippen LogP contribution in [0, 0.1) is 6.92 Å². The molecule has 72 valence electrons. The molecule has 1 rings (SSSR count). The fourth-order valence-corrected chi connectivity index (χ4v) is 1.04. The number of nitrogens with zero attached hydrogens (tertiary/aromatic N) is 1. The number of rotatable bonds is 5. The standard InChI is InChI=1S/C10H16N2O/c1-9-4-2-5-10(12-9)8-13-7-3-6-11/h2,4-5H,3,6-8,11H2,1H3. The van der Waals surface area contributed by atoms with Crippen molar-refractivity contribution in [3.63, 3.8) is 0 Å². The molecule has 3 nitrogen and oxygen atoms in total. The second-order valence-electron chi connectivity index (χ2n) is 2.97. The first kappa shape index (κ1) is 10.2. The van der Waals surface area contributed by atoms with E-state index < -0.39 is 0 Å². The Hall–Kier alpha value is -0.930. The Morgan fingerprint density at radius 2 is 2.31 bits per heavy atom. The van der Waals surface area contributed by atoms with Crippen LogP contribution in [-0.2, 0) is 11.3 Å². The molecule has 0 unspecified atom stereocenters. The molecule has 3 heteroatoms. The molecule has 0 radical (unpaired) electrons. The average molecular weight is 180 g/mol. The summed E-state index contributed by atoms with van der Waals surface area (Å²) in [6, 6.07) is 5.93. The fraction of sp³-hybridized carbons (Fsp3) is 0.500. The molecule has 13 heavy (non-hydrogen) atoms. The van der Waals surface area contributed by atoms with Crippen LogP contribution in [0.4, 0.5) is 0 Å². The van der Waals surface area contributed by atoms with Gasteiger partial charge in [-0.25, -0.2) is 0 Å². The quantitative estimate of drug-likeness (QED) is 0.694. The molecule has 0 saturated heterocycles. The van der Waals surface area contributed by atoms with Gasteiger partial charge in [0.15, 0.2) is 0 Å². The van der Waals surface area contributed by atoms with E-state index >= 15 is 0 Å². The summed E-state index contributed by atoms with van der Waals surface area (Å²) in [6.45, 7) is 3.96. The van der Waals surface area contributed by atoms with Crippen molar-refractivity contribution in [2.75, 3.05) is 13.2 Å². The maximum Gasteiger partial charge on any atom is 0.0887 e. The third kappa shape index (κ3) is 4.01. The van der Waals surface area contributed by atoms with Crippen LogP contribution in [0.5, 0.6) is 0 Å². The molecule has 0 aromatic carbocycles. The van der Waals surface area contributed by atoms with Gasteiger partial charge < -0.3 is 10.5 Å². The van der Waals surface area contributed by atoms with E-state index in [1.54, 1.807) is 0 Å². The minimum absolute atomic E-state index is 0.585. The van der Waals surface area contributed by atoms with Gasteiger partial charge in [0.25, 0.3) is 0 Å². The van der Waals surface area contributed by atoms with Crippen LogP contribution in [0.25, 0.3) is 0 Å². The second-order valence-corrected chi connectivity index (χ2v) is 2.97. The van der Waals surface area contributed by atoms with E-state index in [0.717, 1.165) is 17.8 Å². The topological polar surface area (TPSA) is 48.1 Å². The van der Waals surface area contributed by atoms with Gasteiger partial charge in [-0.3, -0.25) is 4.98 Å². The Morgan fingerprint density at radius 3 is 3.00 bits per heavy atom. The van der Waals surface area contributed by atoms with Crippen LogP contribution in [0.3, 0.4) is 0 Å². The van der Waals surface area contributed by atoms with Crippen LogP contribution in [-0.4, -0.2) is 18.1 Å². The number of ether oxygens (including phenoxy) is 1. The highest BCUT2D eigenvalue weighted by Crippen LogP contribution is 1.99. The first-order valence-electron chi connectivity index (χ1n) is 4.53. The average Bonchev–Trinajstić information content (AvgIpc) is 2.13. The molecular weight excluding hydrogens is 164 g/mol. The number of aromatic nitrogens is 1. The predicted octanol–water partition coefficient (Wildman–Crippen LogP) is 1.26. The molecule has 0 aliphatic rings. The van der Waals surface area contributed by atoms with Crippen molar-refractivity contribution in [2.45, 2.75) is 20.0 Å². The van der Waals surface area contributed by atoms with Gasteiger partial charge in [-0.2, -0.15) is 0 Å². The largest absolute Gasteiger partial charge is 0.375 e. The van der Waals surface area contributed by atoms with Crippen molar-refractivity contribution in [1.82, 2.24) is 4.98 Å². The highest BCUT2D eigenvalue weighted by molar-refractivity contribution is 5.08. The summed E-state index contributed by atoms with van der Waals surface area (Å²) in [7, 11) is 0. The van der Waals surface area contributed by atoms with E-state index in [1.807, 2.05) is 25.1 Å². The number of hydrogen-bond donors (Lipinski definition) is 1. The lowest BCUT2D eigenvalue weighted by Crippen LogP contribution is -2.05. The van der Waals surface area contributed by atoms with E-state index in [2.05, 4.69) is 4.98 Å². The van der Waals surface area contributed by atoms with Crippen molar-refractivity contribution in [3.8, 4) is 0 Å². The van der Waals surface area contributed by atoms with Gasteiger partial charge in [-0.15, -0.1) is 0 Å². The first-order valence-corrected chi connectivity index (χ1v) is 4.53. The summed E-state index contributed by atoms with van der Waals surface area (Å²) >= 11 is 0. The molecule has 0 bridgehead atoms. The monoisotopic (exact) mass is 180 g/mol. The molecule has 0 aliphatic carbocycles. The zero-order valence-electron chi connectivity index (χ0n) is 7.99. The smallest absolute Gasteiger partial charge is 0.0887 e. The maximum atomic E-state index is 5.37. The number of nitrogens with two attached hydrogens (primary N) is 1. The Kier molecular flexibility index (Phi) is 4.43. The summed E-state index contributed by atoms with van der Waals surface area (Å²) in [5, 5.41) is 0. The molecule has 0 fully saturated rings. The SMILES string of the molecule is Cc1cccc(COCCCN)n1. The normalized spacial score (nSPS) is 10.3. The van der Waals surface area contributed by atoms with E-state index in [0.29, 0.717) is 19.8 Å². The molecule has 2 N–H and O–H groups in total. The zero-order valence-corrected chi connectivity index (χ0v) is 7.99. The summed E-state index contributed by atoms with van der Waals surface area (Å²) in [4.78, 5) is 4.31. The van der Waals surface area contributed by atoms with Gasteiger partial charge in [0.2, 0.25) is 0 Å². The number of aryl methyl sites for hydroxylation is 1. The lowest BCUT2D eigenvalue weighted by molar-refractivity contribution is 0.117. The molecule has 1 heterocycles. The maximum absolute atomic E-state index is 5.37. The van der Waals surface area contributed by atoms with Crippen molar-refractivity contribution in [1.29, 1.82) is 0 Å². The van der Waals surface area contributed by atoms with Crippen molar-refractivity contribution in [3.05, 3.63) is 29.6 Å². The van der Waals surface area contributed by atoms with Gasteiger partial charge in [-0.1, -0.05) is 6.07 Å². The Morgan fingerprint density at radius 1 is 1.46 bits per heavy atom. The number of pyridine rings is 1. The van der Waals surface area contributed by atoms with Gasteiger partial charge in [-0.05, 0) is 32.0 Å². The van der Waals surface area contributed by atoms with E-state index in [4.69, 9.17) is 10.5 Å². The molecular formula is C10H16N2O. The minimum Gasteiger partial charge on any atom is -0.375 e. The second kappa shape index (κ2) is 5.67. The van der Waals surface area contributed by atoms with Crippen LogP contribution in [0.15, 0.2) is 18.2 Å². The van der Waals surface area contributed by atoms with E-state index in [-0.39, 0.29) is 0 Å². The van der Waals surface area contributed by atoms with Gasteiger partial charge >= 0.3 is 0 Å². The zero-order chi connectivity index (χ0) is 9.52. The van der Waals surface area contributed by atoms with Crippen LogP contribution in [0.1, 0.15) is 17.8 Å². The molecule has 1 aromatic heterocycles. The summed E-state index contributed by atoms with van der Waals surface area (Å²) in [5.41, 5.74) is 7.35. The predicted molar refractivity (Wildman–Crippen MR) is 52.3 cm³/mol. The van der Waals surface area contributed by atoms with Crippen molar-refractivity contribution < 1.29 is 4.74 Å². The minimum atomic E-state index is 0.585. The fourth-order valence-electron chi connectivity index (χ4n) is 1.04. The van der Waals surface area contributed by atoms with Crippen LogP contribution >= 0.6 is 0 Å². The Labute approximate surface area is 78.9 Å². The van der Waals surface area contributed by atoms with Gasteiger partial charge in [0.1, 0.15) is 0 Å². The Balaban J connectivity index is 2.28. The summed E-state index contributed by atoms with van der Waals surface area (Å²) in [6.07, 6.45) is 0.909. The lowest BCUT2D eigenvalue weighted by atomic mass is 10.3. The number of hydrogen-bond acceptors (Lipinski definition) is 3. The third-order valence-corrected chi connectivity index (χ3v) is 1.69. The van der Waals surface area contributed by atoms with Crippen LogP contribution < -0.4 is 5.73 Å².